The van der Waals surface area contributed by atoms with E-state index in [1.165, 1.54) is 32.1 Å². The zero-order valence-corrected chi connectivity index (χ0v) is 8.79. The number of hydrogen-bond donors (Lipinski definition) is 3. The summed E-state index contributed by atoms with van der Waals surface area (Å²) < 4.78 is 0. The maximum absolute atomic E-state index is 7.17. The summed E-state index contributed by atoms with van der Waals surface area (Å²) in [5.74, 6) is -0.0485. The SMILES string of the molecule is CN(/C=C(/N)C(=N)N)C1CCCCC1. The third-order valence-electron chi connectivity index (χ3n) is 2.80. The second-order valence-electron chi connectivity index (χ2n) is 3.96. The van der Waals surface area contributed by atoms with Crippen LogP contribution in [-0.2, 0) is 0 Å². The molecule has 1 saturated carbocycles. The van der Waals surface area contributed by atoms with Crippen LogP contribution in [0, 0.1) is 5.41 Å². The number of amidine groups is 1. The number of rotatable bonds is 3. The maximum Gasteiger partial charge on any atom is 0.140 e. The molecule has 1 fully saturated rings. The summed E-state index contributed by atoms with van der Waals surface area (Å²) in [4.78, 5) is 2.09. The Morgan fingerprint density at radius 2 is 1.86 bits per heavy atom. The molecule has 0 bridgehead atoms. The summed E-state index contributed by atoms with van der Waals surface area (Å²) in [7, 11) is 2.01. The molecule has 0 atom stereocenters. The molecule has 0 aromatic carbocycles. The Labute approximate surface area is 85.5 Å². The van der Waals surface area contributed by atoms with Gasteiger partial charge in [0.1, 0.15) is 5.84 Å². The molecule has 0 aromatic rings. The van der Waals surface area contributed by atoms with Gasteiger partial charge in [-0.2, -0.15) is 0 Å². The van der Waals surface area contributed by atoms with E-state index in [-0.39, 0.29) is 5.84 Å². The van der Waals surface area contributed by atoms with Gasteiger partial charge in [0.15, 0.2) is 0 Å². The Morgan fingerprint density at radius 3 is 2.36 bits per heavy atom. The lowest BCUT2D eigenvalue weighted by Gasteiger charge is -2.30. The molecule has 4 heteroatoms. The minimum atomic E-state index is -0.0485. The summed E-state index contributed by atoms with van der Waals surface area (Å²) >= 11 is 0. The molecule has 0 radical (unpaired) electrons. The molecule has 14 heavy (non-hydrogen) atoms. The first kappa shape index (κ1) is 10.9. The monoisotopic (exact) mass is 196 g/mol. The molecule has 0 heterocycles. The Hall–Kier alpha value is -1.19. The van der Waals surface area contributed by atoms with E-state index in [0.29, 0.717) is 11.7 Å². The maximum atomic E-state index is 7.17. The van der Waals surface area contributed by atoms with E-state index in [1.54, 1.807) is 6.20 Å². The standard InChI is InChI=1S/C10H20N4/c1-14(7-9(11)10(12)13)8-5-3-2-4-6-8/h7-8H,2-6,11H2,1H3,(H3,12,13)/b9-7+. The summed E-state index contributed by atoms with van der Waals surface area (Å²) in [5, 5.41) is 7.17. The van der Waals surface area contributed by atoms with Crippen LogP contribution in [0.4, 0.5) is 0 Å². The molecular weight excluding hydrogens is 176 g/mol. The molecule has 1 rings (SSSR count). The summed E-state index contributed by atoms with van der Waals surface area (Å²) in [5.41, 5.74) is 11.2. The highest BCUT2D eigenvalue weighted by molar-refractivity contribution is 5.93. The number of nitrogens with one attached hydrogen (secondary N) is 1. The fourth-order valence-electron chi connectivity index (χ4n) is 1.88. The van der Waals surface area contributed by atoms with Crippen LogP contribution in [0.25, 0.3) is 0 Å². The third kappa shape index (κ3) is 2.94. The van der Waals surface area contributed by atoms with Gasteiger partial charge in [-0.1, -0.05) is 19.3 Å². The largest absolute Gasteiger partial charge is 0.395 e. The van der Waals surface area contributed by atoms with Crippen molar-refractivity contribution in [1.29, 1.82) is 5.41 Å². The van der Waals surface area contributed by atoms with Gasteiger partial charge < -0.3 is 16.4 Å². The van der Waals surface area contributed by atoms with Crippen molar-refractivity contribution in [2.24, 2.45) is 11.5 Å². The molecule has 80 valence electrons. The van der Waals surface area contributed by atoms with E-state index in [4.69, 9.17) is 16.9 Å². The highest BCUT2D eigenvalue weighted by Gasteiger charge is 2.16. The van der Waals surface area contributed by atoms with Gasteiger partial charge in [-0.15, -0.1) is 0 Å². The average Bonchev–Trinajstić information content (AvgIpc) is 2.19. The fourth-order valence-corrected chi connectivity index (χ4v) is 1.88. The smallest absolute Gasteiger partial charge is 0.140 e. The topological polar surface area (TPSA) is 79.1 Å². The van der Waals surface area contributed by atoms with Crippen molar-refractivity contribution in [2.75, 3.05) is 7.05 Å². The summed E-state index contributed by atoms with van der Waals surface area (Å²) in [6, 6.07) is 0.571. The minimum absolute atomic E-state index is 0.0485. The third-order valence-corrected chi connectivity index (χ3v) is 2.80. The number of hydrogen-bond acceptors (Lipinski definition) is 3. The molecule has 0 spiro atoms. The van der Waals surface area contributed by atoms with Gasteiger partial charge in [-0.05, 0) is 12.8 Å². The van der Waals surface area contributed by atoms with Crippen LogP contribution in [0.1, 0.15) is 32.1 Å². The van der Waals surface area contributed by atoms with Crippen molar-refractivity contribution in [3.05, 3.63) is 11.9 Å². The van der Waals surface area contributed by atoms with Gasteiger partial charge in [-0.25, -0.2) is 0 Å². The molecule has 1 aliphatic rings. The van der Waals surface area contributed by atoms with Gasteiger partial charge in [0, 0.05) is 19.3 Å². The van der Waals surface area contributed by atoms with Crippen LogP contribution in [0.3, 0.4) is 0 Å². The highest BCUT2D eigenvalue weighted by Crippen LogP contribution is 2.21. The van der Waals surface area contributed by atoms with Crippen molar-refractivity contribution in [2.45, 2.75) is 38.1 Å². The van der Waals surface area contributed by atoms with Crippen molar-refractivity contribution in [3.63, 3.8) is 0 Å². The Bertz CT molecular complexity index is 228. The quantitative estimate of drug-likeness (QED) is 0.465. The molecule has 1 aliphatic carbocycles. The van der Waals surface area contributed by atoms with Crippen molar-refractivity contribution in [1.82, 2.24) is 4.90 Å². The predicted molar refractivity (Wildman–Crippen MR) is 58.8 cm³/mol. The highest BCUT2D eigenvalue weighted by atomic mass is 15.1. The van der Waals surface area contributed by atoms with Gasteiger partial charge in [-0.3, -0.25) is 5.41 Å². The van der Waals surface area contributed by atoms with Crippen LogP contribution in [0.15, 0.2) is 11.9 Å². The van der Waals surface area contributed by atoms with E-state index in [1.807, 2.05) is 7.05 Å². The van der Waals surface area contributed by atoms with Gasteiger partial charge >= 0.3 is 0 Å². The first-order valence-corrected chi connectivity index (χ1v) is 5.15. The number of nitrogens with two attached hydrogens (primary N) is 2. The van der Waals surface area contributed by atoms with Crippen molar-refractivity contribution < 1.29 is 0 Å². The zero-order valence-electron chi connectivity index (χ0n) is 8.79. The van der Waals surface area contributed by atoms with Crippen molar-refractivity contribution >= 4 is 5.84 Å². The molecule has 0 unspecified atom stereocenters. The molecule has 0 aromatic heterocycles. The normalized spacial score (nSPS) is 19.4. The Morgan fingerprint density at radius 1 is 1.29 bits per heavy atom. The van der Waals surface area contributed by atoms with E-state index >= 15 is 0 Å². The molecule has 4 nitrogen and oxygen atoms in total. The van der Waals surface area contributed by atoms with Crippen LogP contribution < -0.4 is 11.5 Å². The van der Waals surface area contributed by atoms with Gasteiger partial charge in [0.25, 0.3) is 0 Å². The zero-order chi connectivity index (χ0) is 10.6. The summed E-state index contributed by atoms with van der Waals surface area (Å²) in [6.45, 7) is 0. The van der Waals surface area contributed by atoms with Crippen LogP contribution >= 0.6 is 0 Å². The lowest BCUT2D eigenvalue weighted by Crippen LogP contribution is -2.31. The van der Waals surface area contributed by atoms with Crippen molar-refractivity contribution in [3.8, 4) is 0 Å². The fraction of sp³-hybridized carbons (Fsp3) is 0.700. The summed E-state index contributed by atoms with van der Waals surface area (Å²) in [6.07, 6.45) is 8.15. The molecule has 0 aliphatic heterocycles. The lowest BCUT2D eigenvalue weighted by molar-refractivity contribution is 0.253. The lowest BCUT2D eigenvalue weighted by atomic mass is 9.95. The first-order valence-electron chi connectivity index (χ1n) is 5.15. The van der Waals surface area contributed by atoms with E-state index < -0.39 is 0 Å². The second-order valence-corrected chi connectivity index (χ2v) is 3.96. The number of nitrogens with zero attached hydrogens (tertiary/aromatic N) is 1. The Balaban J connectivity index is 2.51. The second kappa shape index (κ2) is 4.88. The first-order chi connectivity index (χ1) is 6.61. The Kier molecular flexibility index (Phi) is 3.80. The molecule has 0 saturated heterocycles. The van der Waals surface area contributed by atoms with E-state index in [9.17, 15) is 0 Å². The van der Waals surface area contributed by atoms with Crippen LogP contribution in [0.2, 0.25) is 0 Å². The van der Waals surface area contributed by atoms with E-state index in [0.717, 1.165) is 0 Å². The molecule has 0 amide bonds. The van der Waals surface area contributed by atoms with Crippen LogP contribution in [-0.4, -0.2) is 23.8 Å². The molecular formula is C10H20N4. The predicted octanol–water partition coefficient (Wildman–Crippen LogP) is 0.987. The van der Waals surface area contributed by atoms with Gasteiger partial charge in [0.05, 0.1) is 5.70 Å². The van der Waals surface area contributed by atoms with Crippen LogP contribution in [0.5, 0.6) is 0 Å². The minimum Gasteiger partial charge on any atom is -0.395 e. The molecule has 5 N–H and O–H groups in total. The van der Waals surface area contributed by atoms with Gasteiger partial charge in [0.2, 0.25) is 0 Å². The van der Waals surface area contributed by atoms with E-state index in [2.05, 4.69) is 4.90 Å². The average molecular weight is 196 g/mol.